The number of nitrogens with one attached hydrogen (secondary N) is 1. The Hall–Kier alpha value is -1.39. The summed E-state index contributed by atoms with van der Waals surface area (Å²) in [6, 6.07) is 7.97. The lowest BCUT2D eigenvalue weighted by Crippen LogP contribution is -2.47. The number of carbonyl (C=O) groups is 1. The molecule has 2 unspecified atom stereocenters. The van der Waals surface area contributed by atoms with E-state index in [1.165, 1.54) is 18.2 Å². The van der Waals surface area contributed by atoms with Crippen molar-refractivity contribution in [2.45, 2.75) is 45.2 Å². The molecule has 0 saturated heterocycles. The summed E-state index contributed by atoms with van der Waals surface area (Å²) in [5.74, 6) is 0.367. The van der Waals surface area contributed by atoms with Gasteiger partial charge in [0.15, 0.2) is 0 Å². The largest absolute Gasteiger partial charge is 0.383 e. The van der Waals surface area contributed by atoms with Crippen molar-refractivity contribution in [3.05, 3.63) is 35.4 Å². The van der Waals surface area contributed by atoms with Crippen LogP contribution in [0.1, 0.15) is 37.8 Å². The van der Waals surface area contributed by atoms with Crippen molar-refractivity contribution in [1.82, 2.24) is 5.32 Å². The standard InChI is InChI=1S/C16H26N2O2/c1-11(2)14-7-5-13(6-8-14)9-12(3)18-16(19)15(17)10-20-4/h5-8,11-12,15H,9-10,17H2,1-4H3,(H,18,19). The van der Waals surface area contributed by atoms with Gasteiger partial charge in [-0.25, -0.2) is 0 Å². The van der Waals surface area contributed by atoms with Gasteiger partial charge < -0.3 is 15.8 Å². The van der Waals surface area contributed by atoms with Gasteiger partial charge in [-0.3, -0.25) is 4.79 Å². The molecule has 0 aliphatic heterocycles. The van der Waals surface area contributed by atoms with Crippen LogP contribution in [0.4, 0.5) is 0 Å². The molecule has 20 heavy (non-hydrogen) atoms. The minimum Gasteiger partial charge on any atom is -0.383 e. The van der Waals surface area contributed by atoms with Crippen LogP contribution >= 0.6 is 0 Å². The molecule has 0 fully saturated rings. The normalized spacial score (nSPS) is 14.1. The summed E-state index contributed by atoms with van der Waals surface area (Å²) in [5, 5.41) is 2.91. The number of hydrogen-bond donors (Lipinski definition) is 2. The van der Waals surface area contributed by atoms with E-state index >= 15 is 0 Å². The molecule has 1 aromatic carbocycles. The van der Waals surface area contributed by atoms with E-state index in [1.54, 1.807) is 0 Å². The van der Waals surface area contributed by atoms with Gasteiger partial charge in [-0.1, -0.05) is 38.1 Å². The molecular weight excluding hydrogens is 252 g/mol. The summed E-state index contributed by atoms with van der Waals surface area (Å²) in [6.07, 6.45) is 0.795. The molecule has 0 heterocycles. The highest BCUT2D eigenvalue weighted by atomic mass is 16.5. The van der Waals surface area contributed by atoms with Crippen molar-refractivity contribution in [2.75, 3.05) is 13.7 Å². The van der Waals surface area contributed by atoms with Crippen LogP contribution in [0.3, 0.4) is 0 Å². The van der Waals surface area contributed by atoms with Gasteiger partial charge >= 0.3 is 0 Å². The second kappa shape index (κ2) is 8.02. The first-order valence-corrected chi connectivity index (χ1v) is 7.07. The predicted octanol–water partition coefficient (Wildman–Crippen LogP) is 1.83. The molecule has 112 valence electrons. The van der Waals surface area contributed by atoms with Crippen LogP contribution < -0.4 is 11.1 Å². The van der Waals surface area contributed by atoms with Crippen LogP contribution in [-0.4, -0.2) is 31.7 Å². The number of benzene rings is 1. The van der Waals surface area contributed by atoms with Gasteiger partial charge in [-0.05, 0) is 30.4 Å². The van der Waals surface area contributed by atoms with Crippen molar-refractivity contribution in [1.29, 1.82) is 0 Å². The van der Waals surface area contributed by atoms with Crippen molar-refractivity contribution in [3.8, 4) is 0 Å². The van der Waals surface area contributed by atoms with Crippen LogP contribution in [-0.2, 0) is 16.0 Å². The van der Waals surface area contributed by atoms with Crippen LogP contribution in [0, 0.1) is 0 Å². The van der Waals surface area contributed by atoms with Crippen LogP contribution in [0.5, 0.6) is 0 Å². The molecule has 4 heteroatoms. The zero-order valence-corrected chi connectivity index (χ0v) is 12.8. The number of carbonyl (C=O) groups excluding carboxylic acids is 1. The van der Waals surface area contributed by atoms with Gasteiger partial charge in [0.05, 0.1) is 6.61 Å². The maximum atomic E-state index is 11.8. The van der Waals surface area contributed by atoms with E-state index in [0.717, 1.165) is 6.42 Å². The topological polar surface area (TPSA) is 64.3 Å². The molecule has 0 spiro atoms. The maximum Gasteiger partial charge on any atom is 0.239 e. The lowest BCUT2D eigenvalue weighted by atomic mass is 9.99. The average Bonchev–Trinajstić information content (AvgIpc) is 2.39. The Balaban J connectivity index is 2.49. The van der Waals surface area contributed by atoms with Gasteiger partial charge in [0, 0.05) is 13.2 Å². The van der Waals surface area contributed by atoms with E-state index in [2.05, 4.69) is 43.4 Å². The second-order valence-corrected chi connectivity index (χ2v) is 5.57. The van der Waals surface area contributed by atoms with Gasteiger partial charge in [0.2, 0.25) is 5.91 Å². The molecule has 4 nitrogen and oxygen atoms in total. The molecule has 1 aromatic rings. The minimum absolute atomic E-state index is 0.0512. The van der Waals surface area contributed by atoms with Crippen molar-refractivity contribution >= 4 is 5.91 Å². The number of nitrogens with two attached hydrogens (primary N) is 1. The molecule has 3 N–H and O–H groups in total. The first-order chi connectivity index (χ1) is 9.43. The zero-order valence-electron chi connectivity index (χ0n) is 12.8. The van der Waals surface area contributed by atoms with Crippen LogP contribution in [0.2, 0.25) is 0 Å². The molecular formula is C16H26N2O2. The fraction of sp³-hybridized carbons (Fsp3) is 0.562. The van der Waals surface area contributed by atoms with Gasteiger partial charge in [-0.15, -0.1) is 0 Å². The van der Waals surface area contributed by atoms with E-state index in [1.807, 2.05) is 6.92 Å². The highest BCUT2D eigenvalue weighted by Gasteiger charge is 2.15. The molecule has 1 rings (SSSR count). The molecule has 0 bridgehead atoms. The summed E-state index contributed by atoms with van der Waals surface area (Å²) >= 11 is 0. The number of methoxy groups -OCH3 is 1. The summed E-state index contributed by atoms with van der Waals surface area (Å²) in [5.41, 5.74) is 8.22. The first kappa shape index (κ1) is 16.7. The second-order valence-electron chi connectivity index (χ2n) is 5.57. The maximum absolute atomic E-state index is 11.8. The van der Waals surface area contributed by atoms with Crippen LogP contribution in [0.15, 0.2) is 24.3 Å². The van der Waals surface area contributed by atoms with Gasteiger partial charge in [0.1, 0.15) is 6.04 Å². The lowest BCUT2D eigenvalue weighted by Gasteiger charge is -2.17. The summed E-state index contributed by atoms with van der Waals surface area (Å²) in [6.45, 7) is 6.57. The highest BCUT2D eigenvalue weighted by molar-refractivity contribution is 5.81. The first-order valence-electron chi connectivity index (χ1n) is 7.07. The lowest BCUT2D eigenvalue weighted by molar-refractivity contribution is -0.124. The monoisotopic (exact) mass is 278 g/mol. The van der Waals surface area contributed by atoms with E-state index in [4.69, 9.17) is 10.5 Å². The number of rotatable bonds is 7. The van der Waals surface area contributed by atoms with E-state index in [-0.39, 0.29) is 18.6 Å². The molecule has 0 aliphatic carbocycles. The predicted molar refractivity (Wildman–Crippen MR) is 81.7 cm³/mol. The van der Waals surface area contributed by atoms with E-state index in [9.17, 15) is 4.79 Å². The highest BCUT2D eigenvalue weighted by Crippen LogP contribution is 2.15. The molecule has 0 radical (unpaired) electrons. The number of hydrogen-bond acceptors (Lipinski definition) is 3. The van der Waals surface area contributed by atoms with E-state index in [0.29, 0.717) is 5.92 Å². The van der Waals surface area contributed by atoms with E-state index < -0.39 is 6.04 Å². The Bertz CT molecular complexity index is 415. The Labute approximate surface area is 121 Å². The SMILES string of the molecule is COCC(N)C(=O)NC(C)Cc1ccc(C(C)C)cc1. The van der Waals surface area contributed by atoms with Crippen molar-refractivity contribution < 1.29 is 9.53 Å². The zero-order chi connectivity index (χ0) is 15.1. The quantitative estimate of drug-likeness (QED) is 0.800. The third-order valence-corrected chi connectivity index (χ3v) is 3.26. The van der Waals surface area contributed by atoms with Crippen LogP contribution in [0.25, 0.3) is 0 Å². The Morgan fingerprint density at radius 2 is 1.85 bits per heavy atom. The molecule has 0 saturated carbocycles. The Kier molecular flexibility index (Phi) is 6.68. The molecule has 0 aromatic heterocycles. The summed E-state index contributed by atoms with van der Waals surface area (Å²) in [7, 11) is 1.53. The van der Waals surface area contributed by atoms with Gasteiger partial charge in [-0.2, -0.15) is 0 Å². The summed E-state index contributed by atoms with van der Waals surface area (Å²) in [4.78, 5) is 11.8. The third-order valence-electron chi connectivity index (χ3n) is 3.26. The summed E-state index contributed by atoms with van der Waals surface area (Å²) < 4.78 is 4.87. The van der Waals surface area contributed by atoms with Gasteiger partial charge in [0.25, 0.3) is 0 Å². The molecule has 1 amide bonds. The average molecular weight is 278 g/mol. The fourth-order valence-electron chi connectivity index (χ4n) is 2.05. The van der Waals surface area contributed by atoms with Crippen molar-refractivity contribution in [2.24, 2.45) is 5.73 Å². The Morgan fingerprint density at radius 3 is 2.35 bits per heavy atom. The smallest absolute Gasteiger partial charge is 0.239 e. The Morgan fingerprint density at radius 1 is 1.25 bits per heavy atom. The molecule has 0 aliphatic rings. The number of ether oxygens (including phenoxy) is 1. The number of amides is 1. The molecule has 2 atom stereocenters. The fourth-order valence-corrected chi connectivity index (χ4v) is 2.05. The van der Waals surface area contributed by atoms with Crippen molar-refractivity contribution in [3.63, 3.8) is 0 Å². The third kappa shape index (κ3) is 5.31. The minimum atomic E-state index is -0.606.